The van der Waals surface area contributed by atoms with Gasteiger partial charge in [0.15, 0.2) is 11.5 Å². The summed E-state index contributed by atoms with van der Waals surface area (Å²) in [6.45, 7) is 4.57. The van der Waals surface area contributed by atoms with Gasteiger partial charge in [-0.1, -0.05) is 18.2 Å². The average Bonchev–Trinajstić information content (AvgIpc) is 2.73. The summed E-state index contributed by atoms with van der Waals surface area (Å²) in [7, 11) is 0. The SMILES string of the molecule is CC(C)(F)c1nccc(CN2CCc3c(-c4ccccc4O)cc(C(N)=O)nc3C2)n1. The van der Waals surface area contributed by atoms with Gasteiger partial charge >= 0.3 is 0 Å². The zero-order chi connectivity index (χ0) is 22.2. The summed E-state index contributed by atoms with van der Waals surface area (Å²) in [6.07, 6.45) is 2.24. The molecule has 8 heteroatoms. The molecule has 31 heavy (non-hydrogen) atoms. The van der Waals surface area contributed by atoms with E-state index in [-0.39, 0.29) is 17.3 Å². The first-order valence-corrected chi connectivity index (χ1v) is 10.1. The van der Waals surface area contributed by atoms with Crippen molar-refractivity contribution in [2.75, 3.05) is 6.54 Å². The summed E-state index contributed by atoms with van der Waals surface area (Å²) in [6, 6.07) is 10.4. The summed E-state index contributed by atoms with van der Waals surface area (Å²) < 4.78 is 14.2. The molecule has 0 bridgehead atoms. The second kappa shape index (κ2) is 8.03. The summed E-state index contributed by atoms with van der Waals surface area (Å²) in [5.41, 5.74) is 7.90. The Kier molecular flexibility index (Phi) is 5.41. The Morgan fingerprint density at radius 2 is 2.00 bits per heavy atom. The van der Waals surface area contributed by atoms with Crippen LogP contribution in [-0.2, 0) is 25.2 Å². The van der Waals surface area contributed by atoms with Gasteiger partial charge in [0.05, 0.1) is 11.4 Å². The monoisotopic (exact) mass is 421 g/mol. The first-order chi connectivity index (χ1) is 14.7. The van der Waals surface area contributed by atoms with Gasteiger partial charge in [0.25, 0.3) is 5.91 Å². The maximum Gasteiger partial charge on any atom is 0.267 e. The maximum atomic E-state index is 14.2. The van der Waals surface area contributed by atoms with Crippen molar-refractivity contribution in [2.24, 2.45) is 5.73 Å². The molecule has 1 aliphatic rings. The van der Waals surface area contributed by atoms with Gasteiger partial charge in [-0.3, -0.25) is 9.69 Å². The fraction of sp³-hybridized carbons (Fsp3) is 0.304. The lowest BCUT2D eigenvalue weighted by Crippen LogP contribution is -2.32. The lowest BCUT2D eigenvalue weighted by Gasteiger charge is -2.29. The molecule has 3 heterocycles. The van der Waals surface area contributed by atoms with Crippen LogP contribution in [0.3, 0.4) is 0 Å². The number of para-hydroxylation sites is 1. The van der Waals surface area contributed by atoms with Gasteiger partial charge in [0.1, 0.15) is 11.4 Å². The number of primary amides is 1. The van der Waals surface area contributed by atoms with E-state index in [1.165, 1.54) is 13.8 Å². The van der Waals surface area contributed by atoms with Crippen LogP contribution < -0.4 is 5.73 Å². The molecule has 7 nitrogen and oxygen atoms in total. The minimum Gasteiger partial charge on any atom is -0.507 e. The third-order valence-electron chi connectivity index (χ3n) is 5.34. The van der Waals surface area contributed by atoms with E-state index in [9.17, 15) is 14.3 Å². The smallest absolute Gasteiger partial charge is 0.267 e. The number of aromatic hydroxyl groups is 1. The molecule has 2 aromatic heterocycles. The Bertz CT molecular complexity index is 1140. The van der Waals surface area contributed by atoms with E-state index in [0.717, 1.165) is 23.4 Å². The van der Waals surface area contributed by atoms with Crippen molar-refractivity contribution in [3.63, 3.8) is 0 Å². The van der Waals surface area contributed by atoms with Crippen LogP contribution in [0.4, 0.5) is 4.39 Å². The molecule has 4 rings (SSSR count). The van der Waals surface area contributed by atoms with Gasteiger partial charge in [-0.05, 0) is 49.6 Å². The number of rotatable bonds is 5. The molecular weight excluding hydrogens is 397 g/mol. The highest BCUT2D eigenvalue weighted by Gasteiger charge is 2.26. The highest BCUT2D eigenvalue weighted by molar-refractivity contribution is 5.93. The van der Waals surface area contributed by atoms with Crippen molar-refractivity contribution in [1.29, 1.82) is 0 Å². The molecule has 0 saturated heterocycles. The van der Waals surface area contributed by atoms with Crippen molar-refractivity contribution >= 4 is 5.91 Å². The van der Waals surface area contributed by atoms with Crippen LogP contribution in [0.15, 0.2) is 42.6 Å². The number of nitrogens with two attached hydrogens (primary N) is 1. The number of alkyl halides is 1. The van der Waals surface area contributed by atoms with Gasteiger partial charge in [-0.25, -0.2) is 19.3 Å². The molecule has 0 unspecified atom stereocenters. The highest BCUT2D eigenvalue weighted by atomic mass is 19.1. The number of benzene rings is 1. The van der Waals surface area contributed by atoms with Crippen molar-refractivity contribution < 1.29 is 14.3 Å². The lowest BCUT2D eigenvalue weighted by atomic mass is 9.92. The first-order valence-electron chi connectivity index (χ1n) is 10.1. The van der Waals surface area contributed by atoms with E-state index in [2.05, 4.69) is 19.9 Å². The number of phenolic OH excluding ortho intramolecular Hbond substituents is 1. The van der Waals surface area contributed by atoms with Crippen molar-refractivity contribution in [2.45, 2.75) is 39.0 Å². The molecule has 0 spiro atoms. The van der Waals surface area contributed by atoms with Crippen molar-refractivity contribution in [1.82, 2.24) is 19.9 Å². The third kappa shape index (κ3) is 4.39. The third-order valence-corrected chi connectivity index (χ3v) is 5.34. The van der Waals surface area contributed by atoms with E-state index in [4.69, 9.17) is 5.73 Å². The van der Waals surface area contributed by atoms with Gasteiger partial charge in [-0.15, -0.1) is 0 Å². The predicted molar refractivity (Wildman–Crippen MR) is 114 cm³/mol. The van der Waals surface area contributed by atoms with E-state index in [0.29, 0.717) is 30.8 Å². The van der Waals surface area contributed by atoms with Crippen LogP contribution in [0.5, 0.6) is 5.75 Å². The molecule has 3 N–H and O–H groups in total. The normalized spacial score (nSPS) is 14.3. The first kappa shape index (κ1) is 20.9. The number of hydrogen-bond acceptors (Lipinski definition) is 6. The number of fused-ring (bicyclic) bond motifs is 1. The highest BCUT2D eigenvalue weighted by Crippen LogP contribution is 2.35. The van der Waals surface area contributed by atoms with Gasteiger partial charge in [0, 0.05) is 31.4 Å². The van der Waals surface area contributed by atoms with Gasteiger partial charge < -0.3 is 10.8 Å². The van der Waals surface area contributed by atoms with Gasteiger partial charge in [-0.2, -0.15) is 0 Å². The van der Waals surface area contributed by atoms with E-state index >= 15 is 0 Å². The topological polar surface area (TPSA) is 105 Å². The molecule has 1 aliphatic heterocycles. The standard InChI is InChI=1S/C23H24FN5O2/c1-23(2,24)22-26-9-7-14(27-22)12-29-10-8-15-17(16-5-3-4-6-20(16)30)11-18(21(25)31)28-19(15)13-29/h3-7,9,11,30H,8,10,12-13H2,1-2H3,(H2,25,31). The van der Waals surface area contributed by atoms with Crippen LogP contribution in [0.1, 0.15) is 47.1 Å². The number of hydrogen-bond donors (Lipinski definition) is 2. The number of nitrogens with zero attached hydrogens (tertiary/aromatic N) is 4. The fourth-order valence-electron chi connectivity index (χ4n) is 3.80. The average molecular weight is 421 g/mol. The minimum atomic E-state index is -1.62. The van der Waals surface area contributed by atoms with Crippen molar-refractivity contribution in [3.8, 4) is 16.9 Å². The molecule has 1 aromatic carbocycles. The van der Waals surface area contributed by atoms with E-state index in [1.807, 2.05) is 12.1 Å². The molecule has 160 valence electrons. The molecule has 1 amide bonds. The Morgan fingerprint density at radius 3 is 2.71 bits per heavy atom. The fourth-order valence-corrected chi connectivity index (χ4v) is 3.80. The molecule has 0 radical (unpaired) electrons. The molecular formula is C23H24FN5O2. The number of carbonyl (C=O) groups excluding carboxylic acids is 1. The molecule has 0 atom stereocenters. The Labute approximate surface area is 179 Å². The second-order valence-electron chi connectivity index (χ2n) is 8.17. The molecule has 0 fully saturated rings. The number of pyridine rings is 1. The lowest BCUT2D eigenvalue weighted by molar-refractivity contribution is 0.0994. The van der Waals surface area contributed by atoms with Gasteiger partial charge in [0.2, 0.25) is 0 Å². The maximum absolute atomic E-state index is 14.2. The predicted octanol–water partition coefficient (Wildman–Crippen LogP) is 3.11. The Hall–Kier alpha value is -3.39. The Morgan fingerprint density at radius 1 is 1.23 bits per heavy atom. The summed E-state index contributed by atoms with van der Waals surface area (Å²) >= 11 is 0. The number of aromatic nitrogens is 3. The summed E-state index contributed by atoms with van der Waals surface area (Å²) in [5, 5.41) is 10.3. The van der Waals surface area contributed by atoms with Crippen LogP contribution in [0.25, 0.3) is 11.1 Å². The number of phenols is 1. The van der Waals surface area contributed by atoms with Crippen LogP contribution >= 0.6 is 0 Å². The zero-order valence-electron chi connectivity index (χ0n) is 17.5. The van der Waals surface area contributed by atoms with E-state index < -0.39 is 11.6 Å². The number of halogens is 1. The molecule has 0 aliphatic carbocycles. The van der Waals surface area contributed by atoms with Crippen molar-refractivity contribution in [3.05, 3.63) is 71.1 Å². The zero-order valence-corrected chi connectivity index (χ0v) is 17.5. The van der Waals surface area contributed by atoms with Crippen LogP contribution in [-0.4, -0.2) is 37.4 Å². The minimum absolute atomic E-state index is 0.135. The number of carbonyl (C=O) groups is 1. The second-order valence-corrected chi connectivity index (χ2v) is 8.17. The molecule has 0 saturated carbocycles. The number of amides is 1. The summed E-state index contributed by atoms with van der Waals surface area (Å²) in [5.74, 6) is -0.336. The van der Waals surface area contributed by atoms with E-state index in [1.54, 1.807) is 30.5 Å². The van der Waals surface area contributed by atoms with Crippen LogP contribution in [0.2, 0.25) is 0 Å². The largest absolute Gasteiger partial charge is 0.507 e. The summed E-state index contributed by atoms with van der Waals surface area (Å²) in [4.78, 5) is 26.9. The quantitative estimate of drug-likeness (QED) is 0.656. The molecule has 3 aromatic rings. The van der Waals surface area contributed by atoms with Crippen LogP contribution in [0, 0.1) is 0 Å². The Balaban J connectivity index is 1.66.